The first-order valence-electron chi connectivity index (χ1n) is 7.40. The van der Waals surface area contributed by atoms with Crippen LogP contribution in [0.5, 0.6) is 0 Å². The molecule has 6 nitrogen and oxygen atoms in total. The molecule has 0 amide bonds. The van der Waals surface area contributed by atoms with Gasteiger partial charge in [0.2, 0.25) is 10.0 Å². The summed E-state index contributed by atoms with van der Waals surface area (Å²) in [7, 11) is -1.34. The predicted octanol–water partition coefficient (Wildman–Crippen LogP) is 1.53. The van der Waals surface area contributed by atoms with Gasteiger partial charge in [0.25, 0.3) is 0 Å². The van der Waals surface area contributed by atoms with E-state index in [1.807, 2.05) is 0 Å². The molecule has 0 heterocycles. The van der Waals surface area contributed by atoms with Gasteiger partial charge in [-0.05, 0) is 19.3 Å². The van der Waals surface area contributed by atoms with E-state index in [4.69, 9.17) is 0 Å². The Labute approximate surface area is 147 Å². The first kappa shape index (κ1) is 23.2. The topological polar surface area (TPSA) is 82.6 Å². The van der Waals surface area contributed by atoms with Crippen LogP contribution < -0.4 is 15.4 Å². The third kappa shape index (κ3) is 12.2. The first-order chi connectivity index (χ1) is 9.49. The Morgan fingerprint density at radius 2 is 1.71 bits per heavy atom. The lowest BCUT2D eigenvalue weighted by atomic mass is 10.0. The van der Waals surface area contributed by atoms with Gasteiger partial charge in [0, 0.05) is 26.7 Å². The molecule has 0 aliphatic heterocycles. The van der Waals surface area contributed by atoms with E-state index < -0.39 is 10.0 Å². The smallest absolute Gasteiger partial charge is 0.211 e. The highest BCUT2D eigenvalue weighted by atomic mass is 127. The molecule has 3 N–H and O–H groups in total. The van der Waals surface area contributed by atoms with Gasteiger partial charge in [-0.25, -0.2) is 13.1 Å². The molecule has 128 valence electrons. The van der Waals surface area contributed by atoms with Gasteiger partial charge in [-0.15, -0.1) is 24.0 Å². The van der Waals surface area contributed by atoms with E-state index in [2.05, 4.69) is 34.2 Å². The molecule has 21 heavy (non-hydrogen) atoms. The van der Waals surface area contributed by atoms with E-state index in [1.54, 1.807) is 14.0 Å². The van der Waals surface area contributed by atoms with Crippen molar-refractivity contribution in [3.8, 4) is 0 Å². The van der Waals surface area contributed by atoms with Gasteiger partial charge in [-0.2, -0.15) is 0 Å². The summed E-state index contributed by atoms with van der Waals surface area (Å²) >= 11 is 0. The molecule has 0 atom stereocenters. The van der Waals surface area contributed by atoms with E-state index in [1.165, 1.54) is 0 Å². The molecule has 0 saturated carbocycles. The fraction of sp³-hybridized carbons (Fsp3) is 0.923. The number of rotatable bonds is 10. The van der Waals surface area contributed by atoms with Crippen molar-refractivity contribution in [2.75, 3.05) is 32.4 Å². The number of halogens is 1. The van der Waals surface area contributed by atoms with Crippen LogP contribution >= 0.6 is 24.0 Å². The van der Waals surface area contributed by atoms with Crippen LogP contribution in [-0.2, 0) is 10.0 Å². The molecule has 0 aromatic carbocycles. The van der Waals surface area contributed by atoms with Crippen LogP contribution in [0, 0.1) is 5.92 Å². The number of aliphatic imine (C=N–C) groups is 1. The maximum absolute atomic E-state index is 11.2. The molecular weight excluding hydrogens is 403 g/mol. The summed E-state index contributed by atoms with van der Waals surface area (Å²) in [6, 6.07) is 0. The predicted molar refractivity (Wildman–Crippen MR) is 101 cm³/mol. The van der Waals surface area contributed by atoms with E-state index in [-0.39, 0.29) is 29.7 Å². The molecule has 0 fully saturated rings. The average molecular weight is 434 g/mol. The van der Waals surface area contributed by atoms with E-state index in [0.29, 0.717) is 19.0 Å². The number of nitrogens with zero attached hydrogens (tertiary/aromatic N) is 1. The fourth-order valence-electron chi connectivity index (χ4n) is 1.66. The molecular formula is C13H31IN4O2S. The van der Waals surface area contributed by atoms with Gasteiger partial charge in [-0.1, -0.05) is 26.7 Å². The summed E-state index contributed by atoms with van der Waals surface area (Å²) in [5, 5.41) is 6.47. The summed E-state index contributed by atoms with van der Waals surface area (Å²) < 4.78 is 25.0. The van der Waals surface area contributed by atoms with Crippen LogP contribution in [-0.4, -0.2) is 46.8 Å². The zero-order valence-electron chi connectivity index (χ0n) is 13.6. The van der Waals surface area contributed by atoms with Gasteiger partial charge >= 0.3 is 0 Å². The minimum absolute atomic E-state index is 0. The summed E-state index contributed by atoms with van der Waals surface area (Å²) in [5.74, 6) is 1.55. The molecule has 0 radical (unpaired) electrons. The highest BCUT2D eigenvalue weighted by Gasteiger charge is 2.06. The molecule has 0 unspecified atom stereocenters. The molecule has 0 spiro atoms. The Balaban J connectivity index is 0. The highest BCUT2D eigenvalue weighted by molar-refractivity contribution is 14.0. The van der Waals surface area contributed by atoms with Gasteiger partial charge in [-0.3, -0.25) is 4.99 Å². The van der Waals surface area contributed by atoms with Gasteiger partial charge < -0.3 is 10.6 Å². The van der Waals surface area contributed by atoms with Gasteiger partial charge in [0.1, 0.15) is 0 Å². The van der Waals surface area contributed by atoms with Crippen LogP contribution in [0.25, 0.3) is 0 Å². The van der Waals surface area contributed by atoms with Crippen LogP contribution in [0.4, 0.5) is 0 Å². The second-order valence-electron chi connectivity index (χ2n) is 4.71. The normalized spacial score (nSPS) is 12.1. The molecule has 0 saturated heterocycles. The van der Waals surface area contributed by atoms with E-state index in [9.17, 15) is 8.42 Å². The van der Waals surface area contributed by atoms with Crippen LogP contribution in [0.3, 0.4) is 0 Å². The minimum atomic E-state index is -3.08. The number of sulfonamides is 1. The third-order valence-corrected chi connectivity index (χ3v) is 4.69. The largest absolute Gasteiger partial charge is 0.356 e. The second kappa shape index (κ2) is 13.6. The van der Waals surface area contributed by atoms with Crippen molar-refractivity contribution in [1.82, 2.24) is 15.4 Å². The molecule has 0 aliphatic rings. The van der Waals surface area contributed by atoms with Crippen LogP contribution in [0.15, 0.2) is 4.99 Å². The molecule has 0 aromatic rings. The quantitative estimate of drug-likeness (QED) is 0.211. The summed E-state index contributed by atoms with van der Waals surface area (Å²) in [6.07, 6.45) is 3.03. The summed E-state index contributed by atoms with van der Waals surface area (Å²) in [5.41, 5.74) is 0. The van der Waals surface area contributed by atoms with Crippen LogP contribution in [0.1, 0.15) is 40.0 Å². The number of guanidine groups is 1. The molecule has 0 aromatic heterocycles. The molecule has 0 rings (SSSR count). The number of nitrogens with one attached hydrogen (secondary N) is 3. The van der Waals surface area contributed by atoms with Crippen molar-refractivity contribution in [3.05, 3.63) is 0 Å². The minimum Gasteiger partial charge on any atom is -0.356 e. The molecule has 8 heteroatoms. The lowest BCUT2D eigenvalue weighted by Crippen LogP contribution is -2.40. The Kier molecular flexibility index (Phi) is 15.0. The van der Waals surface area contributed by atoms with Crippen molar-refractivity contribution in [2.24, 2.45) is 10.9 Å². The lowest BCUT2D eigenvalue weighted by molar-refractivity contribution is 0.481. The molecule has 0 aliphatic carbocycles. The Hall–Kier alpha value is -0.0900. The highest BCUT2D eigenvalue weighted by Crippen LogP contribution is 2.04. The maximum atomic E-state index is 11.2. The monoisotopic (exact) mass is 434 g/mol. The zero-order chi connectivity index (χ0) is 15.4. The number of hydrogen-bond acceptors (Lipinski definition) is 3. The number of hydrogen-bond donors (Lipinski definition) is 3. The van der Waals surface area contributed by atoms with Crippen molar-refractivity contribution in [3.63, 3.8) is 0 Å². The second-order valence-corrected chi connectivity index (χ2v) is 6.81. The fourth-order valence-corrected chi connectivity index (χ4v) is 2.32. The van der Waals surface area contributed by atoms with Crippen molar-refractivity contribution in [2.45, 2.75) is 40.0 Å². The Bertz CT molecular complexity index is 370. The SMILES string of the molecule is CCC(CC)CNC(=NC)NCCCNS(=O)(=O)CC.I. The Morgan fingerprint density at radius 1 is 1.10 bits per heavy atom. The summed E-state index contributed by atoms with van der Waals surface area (Å²) in [4.78, 5) is 4.15. The van der Waals surface area contributed by atoms with Crippen molar-refractivity contribution >= 4 is 40.0 Å². The van der Waals surface area contributed by atoms with Crippen molar-refractivity contribution < 1.29 is 8.42 Å². The zero-order valence-corrected chi connectivity index (χ0v) is 16.8. The van der Waals surface area contributed by atoms with Crippen LogP contribution in [0.2, 0.25) is 0 Å². The van der Waals surface area contributed by atoms with Gasteiger partial charge in [0.05, 0.1) is 5.75 Å². The molecule has 0 bridgehead atoms. The van der Waals surface area contributed by atoms with Gasteiger partial charge in [0.15, 0.2) is 5.96 Å². The van der Waals surface area contributed by atoms with Crippen molar-refractivity contribution in [1.29, 1.82) is 0 Å². The van der Waals surface area contributed by atoms with E-state index >= 15 is 0 Å². The summed E-state index contributed by atoms with van der Waals surface area (Å²) in [6.45, 7) is 8.05. The lowest BCUT2D eigenvalue weighted by Gasteiger charge is -2.16. The standard InChI is InChI=1S/C13H30N4O2S.HI/c1-5-12(6-2)11-16-13(14-4)15-9-8-10-17-20(18,19)7-3;/h12,17H,5-11H2,1-4H3,(H2,14,15,16);1H. The first-order valence-corrected chi connectivity index (χ1v) is 9.06. The van der Waals surface area contributed by atoms with E-state index in [0.717, 1.165) is 31.8 Å². The maximum Gasteiger partial charge on any atom is 0.211 e. The third-order valence-electron chi connectivity index (χ3n) is 3.28. The average Bonchev–Trinajstić information content (AvgIpc) is 2.45. The Morgan fingerprint density at radius 3 is 2.19 bits per heavy atom.